The normalized spacial score (nSPS) is 10.1. The van der Waals surface area contributed by atoms with Crippen molar-refractivity contribution in [3.63, 3.8) is 0 Å². The van der Waals surface area contributed by atoms with Gasteiger partial charge < -0.3 is 21.8 Å². The lowest BCUT2D eigenvalue weighted by Crippen LogP contribution is -2.16. The fourth-order valence-electron chi connectivity index (χ4n) is 1.37. The first kappa shape index (κ1) is 11.0. The highest BCUT2D eigenvalue weighted by atomic mass is 16.1. The van der Waals surface area contributed by atoms with Crippen LogP contribution in [0.3, 0.4) is 0 Å². The fraction of sp³-hybridized carbons (Fsp3) is 0.0909. The predicted octanol–water partition coefficient (Wildman–Crippen LogP) is 0.546. The molecule has 0 aliphatic rings. The summed E-state index contributed by atoms with van der Waals surface area (Å²) in [5.74, 6) is 0.380. The Balaban J connectivity index is 2.10. The SMILES string of the molecule is Nc1ccc(CNc2nc[nH]c(=O)c2N)cc1. The van der Waals surface area contributed by atoms with Crippen molar-refractivity contribution in [2.24, 2.45) is 0 Å². The molecule has 2 aromatic rings. The fourth-order valence-corrected chi connectivity index (χ4v) is 1.37. The van der Waals surface area contributed by atoms with Gasteiger partial charge in [0.15, 0.2) is 5.82 Å². The number of nitrogen functional groups attached to an aromatic ring is 2. The molecule has 0 saturated heterocycles. The van der Waals surface area contributed by atoms with Crippen molar-refractivity contribution in [2.45, 2.75) is 6.54 Å². The Labute approximate surface area is 97.7 Å². The predicted molar refractivity (Wildman–Crippen MR) is 67.5 cm³/mol. The minimum Gasteiger partial charge on any atom is -0.399 e. The topological polar surface area (TPSA) is 110 Å². The number of nitrogens with zero attached hydrogens (tertiary/aromatic N) is 1. The van der Waals surface area contributed by atoms with Gasteiger partial charge in [0.2, 0.25) is 0 Å². The van der Waals surface area contributed by atoms with E-state index in [0.29, 0.717) is 18.1 Å². The van der Waals surface area contributed by atoms with Gasteiger partial charge in [-0.25, -0.2) is 4.98 Å². The molecule has 0 aliphatic heterocycles. The molecule has 6 N–H and O–H groups in total. The number of rotatable bonds is 3. The van der Waals surface area contributed by atoms with Gasteiger partial charge in [-0.2, -0.15) is 0 Å². The molecule has 0 fully saturated rings. The van der Waals surface area contributed by atoms with Crippen LogP contribution in [-0.2, 0) is 6.54 Å². The summed E-state index contributed by atoms with van der Waals surface area (Å²) in [4.78, 5) is 17.6. The first-order valence-corrected chi connectivity index (χ1v) is 5.08. The maximum atomic E-state index is 11.2. The van der Waals surface area contributed by atoms with Crippen molar-refractivity contribution in [3.05, 3.63) is 46.5 Å². The Morgan fingerprint density at radius 2 is 1.94 bits per heavy atom. The second kappa shape index (κ2) is 4.56. The van der Waals surface area contributed by atoms with E-state index in [2.05, 4.69) is 15.3 Å². The molecule has 1 heterocycles. The Hall–Kier alpha value is -2.50. The van der Waals surface area contributed by atoms with Crippen molar-refractivity contribution >= 4 is 17.2 Å². The number of benzene rings is 1. The summed E-state index contributed by atoms with van der Waals surface area (Å²) in [6.45, 7) is 0.529. The molecule has 0 spiro atoms. The number of nitrogens with two attached hydrogens (primary N) is 2. The largest absolute Gasteiger partial charge is 0.399 e. The average Bonchev–Trinajstić information content (AvgIpc) is 2.33. The summed E-state index contributed by atoms with van der Waals surface area (Å²) < 4.78 is 0. The molecule has 1 aromatic carbocycles. The monoisotopic (exact) mass is 231 g/mol. The molecule has 0 radical (unpaired) electrons. The van der Waals surface area contributed by atoms with E-state index < -0.39 is 0 Å². The highest BCUT2D eigenvalue weighted by molar-refractivity contribution is 5.59. The molecule has 88 valence electrons. The number of aromatic nitrogens is 2. The van der Waals surface area contributed by atoms with E-state index in [4.69, 9.17) is 11.5 Å². The van der Waals surface area contributed by atoms with Crippen LogP contribution in [0.5, 0.6) is 0 Å². The van der Waals surface area contributed by atoms with Gasteiger partial charge in [-0.05, 0) is 17.7 Å². The van der Waals surface area contributed by atoms with E-state index in [1.807, 2.05) is 24.3 Å². The summed E-state index contributed by atoms with van der Waals surface area (Å²) >= 11 is 0. The first-order chi connectivity index (χ1) is 8.16. The minimum atomic E-state index is -0.347. The highest BCUT2D eigenvalue weighted by Crippen LogP contribution is 2.11. The molecule has 17 heavy (non-hydrogen) atoms. The van der Waals surface area contributed by atoms with Gasteiger partial charge in [0.05, 0.1) is 6.33 Å². The van der Waals surface area contributed by atoms with Gasteiger partial charge in [-0.1, -0.05) is 12.1 Å². The van der Waals surface area contributed by atoms with Crippen LogP contribution >= 0.6 is 0 Å². The molecule has 6 heteroatoms. The van der Waals surface area contributed by atoms with Gasteiger partial charge in [0.25, 0.3) is 5.56 Å². The molecule has 0 aliphatic carbocycles. The minimum absolute atomic E-state index is 0.0861. The molecule has 2 rings (SSSR count). The van der Waals surface area contributed by atoms with Crippen LogP contribution in [0.2, 0.25) is 0 Å². The number of anilines is 3. The molecule has 0 bridgehead atoms. The zero-order valence-corrected chi connectivity index (χ0v) is 9.10. The summed E-state index contributed by atoms with van der Waals surface area (Å²) in [6.07, 6.45) is 1.31. The van der Waals surface area contributed by atoms with Gasteiger partial charge in [-0.15, -0.1) is 0 Å². The summed E-state index contributed by atoms with van der Waals surface area (Å²) in [7, 11) is 0. The van der Waals surface area contributed by atoms with E-state index in [1.165, 1.54) is 6.33 Å². The molecule has 6 nitrogen and oxygen atoms in total. The van der Waals surface area contributed by atoms with E-state index >= 15 is 0 Å². The zero-order valence-electron chi connectivity index (χ0n) is 9.10. The van der Waals surface area contributed by atoms with Crippen molar-refractivity contribution in [2.75, 3.05) is 16.8 Å². The van der Waals surface area contributed by atoms with Gasteiger partial charge in [-0.3, -0.25) is 4.79 Å². The van der Waals surface area contributed by atoms with Crippen molar-refractivity contribution in [1.29, 1.82) is 0 Å². The highest BCUT2D eigenvalue weighted by Gasteiger charge is 2.03. The van der Waals surface area contributed by atoms with Crippen LogP contribution in [0.15, 0.2) is 35.4 Å². The first-order valence-electron chi connectivity index (χ1n) is 5.08. The number of aromatic amines is 1. The van der Waals surface area contributed by atoms with Crippen LogP contribution < -0.4 is 22.3 Å². The third-order valence-corrected chi connectivity index (χ3v) is 2.33. The molecular formula is C11H13N5O. The van der Waals surface area contributed by atoms with E-state index in [-0.39, 0.29) is 11.2 Å². The third kappa shape index (κ3) is 2.54. The second-order valence-electron chi connectivity index (χ2n) is 3.59. The Bertz CT molecular complexity index is 561. The van der Waals surface area contributed by atoms with E-state index in [9.17, 15) is 4.79 Å². The average molecular weight is 231 g/mol. The van der Waals surface area contributed by atoms with E-state index in [1.54, 1.807) is 0 Å². The number of hydrogen-bond acceptors (Lipinski definition) is 5. The molecule has 0 atom stereocenters. The summed E-state index contributed by atoms with van der Waals surface area (Å²) in [5.41, 5.74) is 12.6. The smallest absolute Gasteiger partial charge is 0.276 e. The van der Waals surface area contributed by atoms with Gasteiger partial charge in [0, 0.05) is 12.2 Å². The standard InChI is InChI=1S/C11H13N5O/c12-8-3-1-7(2-4-8)5-14-10-9(13)11(17)16-6-15-10/h1-4,6H,5,12-13H2,(H2,14,15,16,17). The number of nitrogens with one attached hydrogen (secondary N) is 2. The third-order valence-electron chi connectivity index (χ3n) is 2.33. The maximum Gasteiger partial charge on any atom is 0.276 e. The quantitative estimate of drug-likeness (QED) is 0.576. The van der Waals surface area contributed by atoms with Gasteiger partial charge >= 0.3 is 0 Å². The molecule has 0 unspecified atom stereocenters. The summed E-state index contributed by atoms with van der Waals surface area (Å²) in [6, 6.07) is 7.41. The zero-order chi connectivity index (χ0) is 12.3. The Morgan fingerprint density at radius 1 is 1.24 bits per heavy atom. The molecule has 0 amide bonds. The van der Waals surface area contributed by atoms with E-state index in [0.717, 1.165) is 5.56 Å². The van der Waals surface area contributed by atoms with Gasteiger partial charge in [0.1, 0.15) is 5.69 Å². The molecular weight excluding hydrogens is 218 g/mol. The van der Waals surface area contributed by atoms with Crippen molar-refractivity contribution < 1.29 is 0 Å². The van der Waals surface area contributed by atoms with Crippen LogP contribution in [-0.4, -0.2) is 9.97 Å². The number of hydrogen-bond donors (Lipinski definition) is 4. The lowest BCUT2D eigenvalue weighted by molar-refractivity contribution is 1.07. The summed E-state index contributed by atoms with van der Waals surface area (Å²) in [5, 5.41) is 2.99. The van der Waals surface area contributed by atoms with Crippen molar-refractivity contribution in [3.8, 4) is 0 Å². The van der Waals surface area contributed by atoms with Crippen LogP contribution in [0.25, 0.3) is 0 Å². The van der Waals surface area contributed by atoms with Crippen molar-refractivity contribution in [1.82, 2.24) is 9.97 Å². The Kier molecular flexibility index (Phi) is 2.95. The van der Waals surface area contributed by atoms with Crippen LogP contribution in [0.1, 0.15) is 5.56 Å². The Morgan fingerprint density at radius 3 is 2.65 bits per heavy atom. The lowest BCUT2D eigenvalue weighted by atomic mass is 10.2. The molecule has 1 aromatic heterocycles. The molecule has 0 saturated carbocycles. The van der Waals surface area contributed by atoms with Crippen LogP contribution in [0.4, 0.5) is 17.2 Å². The maximum absolute atomic E-state index is 11.2. The van der Waals surface area contributed by atoms with Crippen LogP contribution in [0, 0.1) is 0 Å². The lowest BCUT2D eigenvalue weighted by Gasteiger charge is -2.07. The second-order valence-corrected chi connectivity index (χ2v) is 3.59. The number of H-pyrrole nitrogens is 1.